The quantitative estimate of drug-likeness (QED) is 0.578. The second-order valence-electron chi connectivity index (χ2n) is 6.94. The Labute approximate surface area is 150 Å². The zero-order valence-corrected chi connectivity index (χ0v) is 14.3. The van der Waals surface area contributed by atoms with E-state index < -0.39 is 5.91 Å². The van der Waals surface area contributed by atoms with Crippen LogP contribution in [-0.4, -0.2) is 17.6 Å². The van der Waals surface area contributed by atoms with Crippen molar-refractivity contribution in [3.63, 3.8) is 0 Å². The molecule has 1 saturated carbocycles. The molecule has 4 rings (SSSR count). The Morgan fingerprint density at radius 3 is 2.54 bits per heavy atom. The van der Waals surface area contributed by atoms with Gasteiger partial charge in [0.05, 0.1) is 11.3 Å². The third-order valence-corrected chi connectivity index (χ3v) is 5.40. The highest BCUT2D eigenvalue weighted by atomic mass is 19.3. The van der Waals surface area contributed by atoms with Gasteiger partial charge in [-0.25, -0.2) is 0 Å². The first-order valence-electron chi connectivity index (χ1n) is 8.48. The number of benzene rings is 2. The number of hydrogen-bond acceptors (Lipinski definition) is 4. The van der Waals surface area contributed by atoms with Gasteiger partial charge < -0.3 is 16.2 Å². The van der Waals surface area contributed by atoms with E-state index in [0.717, 1.165) is 18.4 Å². The van der Waals surface area contributed by atoms with Crippen molar-refractivity contribution in [3.05, 3.63) is 53.3 Å². The van der Waals surface area contributed by atoms with Gasteiger partial charge in [0.15, 0.2) is 5.76 Å². The Kier molecular flexibility index (Phi) is 3.73. The van der Waals surface area contributed by atoms with Crippen LogP contribution in [-0.2, 0) is 15.2 Å². The number of nitrogens with two attached hydrogens (primary N) is 1. The standard InChI is InChI=1S/C20H19FN2O3/c1-11(26-21)18-15-8-14(17(24)9-16(15)23-19(18)25)12-2-4-13(5-3-12)20(10-22)6-7-20/h2-5,8-9,24H,6-7,10,22H2,1H3,(H,23,25)/b18-11+. The van der Waals surface area contributed by atoms with Crippen LogP contribution in [0.5, 0.6) is 5.75 Å². The van der Waals surface area contributed by atoms with Gasteiger partial charge in [0.25, 0.3) is 5.91 Å². The summed E-state index contributed by atoms with van der Waals surface area (Å²) in [5.74, 6) is -0.538. The Morgan fingerprint density at radius 2 is 1.96 bits per heavy atom. The summed E-state index contributed by atoms with van der Waals surface area (Å²) in [4.78, 5) is 15.8. The van der Waals surface area contributed by atoms with Gasteiger partial charge in [0.2, 0.25) is 0 Å². The molecule has 2 aromatic rings. The van der Waals surface area contributed by atoms with E-state index in [1.54, 1.807) is 6.07 Å². The smallest absolute Gasteiger partial charge is 0.259 e. The number of rotatable bonds is 4. The van der Waals surface area contributed by atoms with E-state index in [1.165, 1.54) is 18.6 Å². The number of carbonyl (C=O) groups is 1. The fourth-order valence-corrected chi connectivity index (χ4v) is 3.59. The fourth-order valence-electron chi connectivity index (χ4n) is 3.59. The molecule has 0 saturated heterocycles. The molecule has 4 N–H and O–H groups in total. The number of halogens is 1. The van der Waals surface area contributed by atoms with Crippen molar-refractivity contribution in [2.75, 3.05) is 11.9 Å². The third kappa shape index (κ3) is 2.45. The minimum Gasteiger partial charge on any atom is -0.507 e. The highest BCUT2D eigenvalue weighted by molar-refractivity contribution is 6.32. The predicted molar refractivity (Wildman–Crippen MR) is 96.9 cm³/mol. The summed E-state index contributed by atoms with van der Waals surface area (Å²) in [6, 6.07) is 11.1. The van der Waals surface area contributed by atoms with Gasteiger partial charge in [-0.2, -0.15) is 0 Å². The first kappa shape index (κ1) is 16.6. The fraction of sp³-hybridized carbons (Fsp3) is 0.250. The monoisotopic (exact) mass is 354 g/mol. The van der Waals surface area contributed by atoms with Crippen molar-refractivity contribution < 1.29 is 19.4 Å². The Bertz CT molecular complexity index is 931. The molecule has 5 nitrogen and oxygen atoms in total. The minimum atomic E-state index is -0.458. The summed E-state index contributed by atoms with van der Waals surface area (Å²) in [5, 5.41) is 13.0. The van der Waals surface area contributed by atoms with Gasteiger partial charge >= 0.3 is 0 Å². The molecular formula is C20H19FN2O3. The number of anilines is 1. The SMILES string of the molecule is C/C(OF)=C1\C(=O)Nc2cc(O)c(-c3ccc(C4(CN)CC4)cc3)cc21. The van der Waals surface area contributed by atoms with Crippen LogP contribution in [0.25, 0.3) is 16.7 Å². The van der Waals surface area contributed by atoms with Crippen molar-refractivity contribution in [2.45, 2.75) is 25.2 Å². The minimum absolute atomic E-state index is 0.0387. The number of aromatic hydroxyl groups is 1. The number of allylic oxidation sites excluding steroid dienone is 1. The van der Waals surface area contributed by atoms with Gasteiger partial charge in [-0.1, -0.05) is 24.3 Å². The first-order chi connectivity index (χ1) is 12.5. The molecule has 1 fully saturated rings. The third-order valence-electron chi connectivity index (χ3n) is 5.40. The average molecular weight is 354 g/mol. The Hall–Kier alpha value is -2.86. The first-order valence-corrected chi connectivity index (χ1v) is 8.48. The molecule has 134 valence electrons. The molecule has 0 unspecified atom stereocenters. The van der Waals surface area contributed by atoms with Crippen molar-refractivity contribution in [2.24, 2.45) is 5.73 Å². The number of nitrogens with one attached hydrogen (secondary N) is 1. The molecular weight excluding hydrogens is 335 g/mol. The highest BCUT2D eigenvalue weighted by Crippen LogP contribution is 2.48. The summed E-state index contributed by atoms with van der Waals surface area (Å²) in [5.41, 5.74) is 9.60. The van der Waals surface area contributed by atoms with E-state index in [4.69, 9.17) is 5.73 Å². The highest BCUT2D eigenvalue weighted by Gasteiger charge is 2.42. The molecule has 0 radical (unpaired) electrons. The summed E-state index contributed by atoms with van der Waals surface area (Å²) < 4.78 is 12.6. The van der Waals surface area contributed by atoms with Crippen LogP contribution in [0.15, 0.2) is 42.2 Å². The van der Waals surface area contributed by atoms with Crippen LogP contribution in [0.3, 0.4) is 0 Å². The molecule has 1 aliphatic heterocycles. The normalized spacial score (nSPS) is 19.0. The molecule has 2 aromatic carbocycles. The number of hydrogen-bond donors (Lipinski definition) is 3. The summed E-state index contributed by atoms with van der Waals surface area (Å²) in [6.45, 7) is 2.01. The maximum absolute atomic E-state index is 12.6. The molecule has 2 aliphatic rings. The molecule has 26 heavy (non-hydrogen) atoms. The second-order valence-corrected chi connectivity index (χ2v) is 6.94. The van der Waals surface area contributed by atoms with Crippen LogP contribution in [0, 0.1) is 0 Å². The van der Waals surface area contributed by atoms with Crippen LogP contribution in [0.2, 0.25) is 0 Å². The van der Waals surface area contributed by atoms with Gasteiger partial charge in [-0.15, -0.1) is 0 Å². The number of fused-ring (bicyclic) bond motifs is 1. The van der Waals surface area contributed by atoms with Gasteiger partial charge in [0, 0.05) is 33.7 Å². The number of amides is 1. The maximum Gasteiger partial charge on any atom is 0.259 e. The van der Waals surface area contributed by atoms with Crippen molar-refractivity contribution in [1.82, 2.24) is 0 Å². The summed E-state index contributed by atoms with van der Waals surface area (Å²) >= 11 is 0. The van der Waals surface area contributed by atoms with Gasteiger partial charge in [-0.05, 0) is 37.0 Å². The van der Waals surface area contributed by atoms with Crippen LogP contribution in [0.1, 0.15) is 30.9 Å². The lowest BCUT2D eigenvalue weighted by atomic mass is 9.92. The zero-order chi connectivity index (χ0) is 18.5. The van der Waals surface area contributed by atoms with E-state index in [-0.39, 0.29) is 22.5 Å². The summed E-state index contributed by atoms with van der Waals surface area (Å²) in [7, 11) is 0. The Balaban J connectivity index is 1.77. The lowest BCUT2D eigenvalue weighted by Crippen LogP contribution is -2.19. The molecule has 1 amide bonds. The molecule has 6 heteroatoms. The Morgan fingerprint density at radius 1 is 1.27 bits per heavy atom. The maximum atomic E-state index is 12.6. The van der Waals surface area contributed by atoms with E-state index in [1.807, 2.05) is 24.3 Å². The largest absolute Gasteiger partial charge is 0.507 e. The van der Waals surface area contributed by atoms with Crippen molar-refractivity contribution >= 4 is 17.2 Å². The summed E-state index contributed by atoms with van der Waals surface area (Å²) in [6.07, 6.45) is 2.19. The van der Waals surface area contributed by atoms with E-state index in [2.05, 4.69) is 10.3 Å². The molecule has 1 heterocycles. The topological polar surface area (TPSA) is 84.6 Å². The van der Waals surface area contributed by atoms with E-state index in [9.17, 15) is 14.4 Å². The van der Waals surface area contributed by atoms with Crippen molar-refractivity contribution in [1.29, 1.82) is 0 Å². The van der Waals surface area contributed by atoms with E-state index >= 15 is 0 Å². The molecule has 0 atom stereocenters. The second kappa shape index (κ2) is 5.85. The molecule has 0 spiro atoms. The molecule has 0 bridgehead atoms. The van der Waals surface area contributed by atoms with Gasteiger partial charge in [0.1, 0.15) is 5.75 Å². The molecule has 0 aromatic heterocycles. The van der Waals surface area contributed by atoms with Gasteiger partial charge in [-0.3, -0.25) is 9.74 Å². The number of carbonyl (C=O) groups excluding carboxylic acids is 1. The lowest BCUT2D eigenvalue weighted by molar-refractivity contribution is -0.112. The average Bonchev–Trinajstić information content (AvgIpc) is 3.38. The van der Waals surface area contributed by atoms with Crippen LogP contribution in [0.4, 0.5) is 10.2 Å². The van der Waals surface area contributed by atoms with Crippen molar-refractivity contribution in [3.8, 4) is 16.9 Å². The predicted octanol–water partition coefficient (Wildman–Crippen LogP) is 3.63. The zero-order valence-electron chi connectivity index (χ0n) is 14.3. The molecule has 1 aliphatic carbocycles. The van der Waals surface area contributed by atoms with Crippen LogP contribution >= 0.6 is 0 Å². The van der Waals surface area contributed by atoms with E-state index in [0.29, 0.717) is 23.4 Å². The number of phenolic OH excluding ortho intramolecular Hbond substituents is 1. The van der Waals surface area contributed by atoms with Crippen LogP contribution < -0.4 is 11.1 Å². The lowest BCUT2D eigenvalue weighted by Gasteiger charge is -2.14. The number of phenols is 1.